The first-order valence-corrected chi connectivity index (χ1v) is 7.68. The van der Waals surface area contributed by atoms with Gasteiger partial charge >= 0.3 is 0 Å². The van der Waals surface area contributed by atoms with Crippen molar-refractivity contribution >= 4 is 5.91 Å². The summed E-state index contributed by atoms with van der Waals surface area (Å²) in [6.45, 7) is 6.47. The maximum absolute atomic E-state index is 12.8. The third kappa shape index (κ3) is 4.81. The van der Waals surface area contributed by atoms with E-state index in [4.69, 9.17) is 4.74 Å². The van der Waals surface area contributed by atoms with Gasteiger partial charge in [0.15, 0.2) is 6.61 Å². The van der Waals surface area contributed by atoms with Gasteiger partial charge in [-0.15, -0.1) is 0 Å². The van der Waals surface area contributed by atoms with Crippen LogP contribution in [-0.2, 0) is 11.2 Å². The number of aryl methyl sites for hydroxylation is 2. The Kier molecular flexibility index (Phi) is 5.74. The lowest BCUT2D eigenvalue weighted by Crippen LogP contribution is -2.30. The first-order valence-electron chi connectivity index (χ1n) is 7.68. The summed E-state index contributed by atoms with van der Waals surface area (Å²) < 4.78 is 18.5. The van der Waals surface area contributed by atoms with Crippen LogP contribution in [0.3, 0.4) is 0 Å². The number of amides is 1. The van der Waals surface area contributed by atoms with E-state index >= 15 is 0 Å². The van der Waals surface area contributed by atoms with Crippen LogP contribution in [-0.4, -0.2) is 19.1 Å². The molecule has 122 valence electrons. The molecule has 0 aliphatic rings. The molecule has 2 aromatic carbocycles. The molecule has 0 radical (unpaired) electrons. The van der Waals surface area contributed by atoms with Gasteiger partial charge in [-0.05, 0) is 61.6 Å². The van der Waals surface area contributed by atoms with E-state index in [2.05, 4.69) is 5.32 Å². The number of rotatable bonds is 6. The molecule has 2 rings (SSSR count). The molecule has 0 aromatic heterocycles. The molecule has 0 aliphatic carbocycles. The van der Waals surface area contributed by atoms with Gasteiger partial charge in [0.2, 0.25) is 0 Å². The average Bonchev–Trinajstić information content (AvgIpc) is 2.53. The number of halogens is 1. The van der Waals surface area contributed by atoms with E-state index in [0.717, 1.165) is 28.0 Å². The van der Waals surface area contributed by atoms with E-state index in [1.165, 1.54) is 12.1 Å². The Bertz CT molecular complexity index is 681. The smallest absolute Gasteiger partial charge is 0.257 e. The summed E-state index contributed by atoms with van der Waals surface area (Å²) in [5, 5.41) is 2.81. The zero-order valence-electron chi connectivity index (χ0n) is 13.8. The van der Waals surface area contributed by atoms with Gasteiger partial charge in [0, 0.05) is 6.54 Å². The summed E-state index contributed by atoms with van der Waals surface area (Å²) in [6.07, 6.45) is 0.661. The van der Waals surface area contributed by atoms with Gasteiger partial charge in [0.05, 0.1) is 0 Å². The van der Waals surface area contributed by atoms with Gasteiger partial charge in [-0.1, -0.05) is 24.3 Å². The van der Waals surface area contributed by atoms with Gasteiger partial charge in [-0.3, -0.25) is 4.79 Å². The fourth-order valence-electron chi connectivity index (χ4n) is 2.33. The summed E-state index contributed by atoms with van der Waals surface area (Å²) in [5.41, 5.74) is 4.21. The monoisotopic (exact) mass is 315 g/mol. The molecule has 3 nitrogen and oxygen atoms in total. The van der Waals surface area contributed by atoms with E-state index in [1.807, 2.05) is 32.9 Å². The van der Waals surface area contributed by atoms with Crippen molar-refractivity contribution in [2.24, 2.45) is 0 Å². The highest BCUT2D eigenvalue weighted by molar-refractivity contribution is 5.77. The Morgan fingerprint density at radius 2 is 1.70 bits per heavy atom. The summed E-state index contributed by atoms with van der Waals surface area (Å²) in [6, 6.07) is 10.3. The zero-order chi connectivity index (χ0) is 16.8. The Balaban J connectivity index is 1.79. The second-order valence-corrected chi connectivity index (χ2v) is 5.67. The molecule has 0 unspecified atom stereocenters. The molecule has 1 N–H and O–H groups in total. The zero-order valence-corrected chi connectivity index (χ0v) is 13.8. The van der Waals surface area contributed by atoms with Crippen molar-refractivity contribution in [3.63, 3.8) is 0 Å². The van der Waals surface area contributed by atoms with Crippen molar-refractivity contribution in [2.45, 2.75) is 27.2 Å². The van der Waals surface area contributed by atoms with Gasteiger partial charge in [0.25, 0.3) is 5.91 Å². The highest BCUT2D eigenvalue weighted by Crippen LogP contribution is 2.25. The van der Waals surface area contributed by atoms with E-state index in [-0.39, 0.29) is 18.3 Å². The van der Waals surface area contributed by atoms with E-state index in [9.17, 15) is 9.18 Å². The molecule has 23 heavy (non-hydrogen) atoms. The minimum absolute atomic E-state index is 0.00541. The van der Waals surface area contributed by atoms with Crippen molar-refractivity contribution in [3.8, 4) is 5.75 Å². The van der Waals surface area contributed by atoms with Crippen LogP contribution >= 0.6 is 0 Å². The molecule has 0 saturated heterocycles. The molecule has 4 heteroatoms. The highest BCUT2D eigenvalue weighted by Gasteiger charge is 2.09. The minimum atomic E-state index is -0.255. The predicted octanol–water partition coefficient (Wildman–Crippen LogP) is 3.49. The van der Waals surface area contributed by atoms with Crippen molar-refractivity contribution in [1.29, 1.82) is 0 Å². The van der Waals surface area contributed by atoms with E-state index in [0.29, 0.717) is 13.0 Å². The third-order valence-electron chi connectivity index (χ3n) is 3.87. The standard InChI is InChI=1S/C19H22FNO2/c1-13-4-5-14(2)19(15(13)3)23-12-18(22)21-11-10-16-6-8-17(20)9-7-16/h4-9H,10-12H2,1-3H3,(H,21,22). The normalized spacial score (nSPS) is 10.4. The number of hydrogen-bond acceptors (Lipinski definition) is 2. The molecule has 0 heterocycles. The lowest BCUT2D eigenvalue weighted by molar-refractivity contribution is -0.123. The van der Waals surface area contributed by atoms with Crippen LogP contribution < -0.4 is 10.1 Å². The van der Waals surface area contributed by atoms with Crippen LogP contribution in [0.15, 0.2) is 36.4 Å². The number of ether oxygens (including phenoxy) is 1. The first kappa shape index (κ1) is 17.0. The molecule has 2 aromatic rings. The predicted molar refractivity (Wildman–Crippen MR) is 89.3 cm³/mol. The van der Waals surface area contributed by atoms with Crippen molar-refractivity contribution < 1.29 is 13.9 Å². The molecular weight excluding hydrogens is 293 g/mol. The van der Waals surface area contributed by atoms with Gasteiger partial charge in [-0.2, -0.15) is 0 Å². The molecular formula is C19H22FNO2. The van der Waals surface area contributed by atoms with E-state index in [1.54, 1.807) is 12.1 Å². The Labute approximate surface area is 136 Å². The highest BCUT2D eigenvalue weighted by atomic mass is 19.1. The van der Waals surface area contributed by atoms with Crippen molar-refractivity contribution in [1.82, 2.24) is 5.32 Å². The van der Waals surface area contributed by atoms with Crippen LogP contribution in [0.2, 0.25) is 0 Å². The lowest BCUT2D eigenvalue weighted by atomic mass is 10.1. The summed E-state index contributed by atoms with van der Waals surface area (Å²) in [7, 11) is 0. The SMILES string of the molecule is Cc1ccc(C)c(OCC(=O)NCCc2ccc(F)cc2)c1C. The largest absolute Gasteiger partial charge is 0.483 e. The van der Waals surface area contributed by atoms with Crippen LogP contribution in [0.1, 0.15) is 22.3 Å². The number of carbonyl (C=O) groups excluding carboxylic acids is 1. The van der Waals surface area contributed by atoms with E-state index < -0.39 is 0 Å². The average molecular weight is 315 g/mol. The molecule has 0 spiro atoms. The molecule has 0 bridgehead atoms. The topological polar surface area (TPSA) is 38.3 Å². The number of hydrogen-bond donors (Lipinski definition) is 1. The summed E-state index contributed by atoms with van der Waals surface area (Å²) in [4.78, 5) is 11.9. The quantitative estimate of drug-likeness (QED) is 0.886. The molecule has 0 saturated carbocycles. The van der Waals surface area contributed by atoms with Gasteiger partial charge in [-0.25, -0.2) is 4.39 Å². The number of nitrogens with one attached hydrogen (secondary N) is 1. The Morgan fingerprint density at radius 3 is 2.39 bits per heavy atom. The maximum Gasteiger partial charge on any atom is 0.257 e. The van der Waals surface area contributed by atoms with Crippen LogP contribution in [0, 0.1) is 26.6 Å². The minimum Gasteiger partial charge on any atom is -0.483 e. The third-order valence-corrected chi connectivity index (χ3v) is 3.87. The van der Waals surface area contributed by atoms with Gasteiger partial charge in [0.1, 0.15) is 11.6 Å². The number of carbonyl (C=O) groups is 1. The van der Waals surface area contributed by atoms with Crippen LogP contribution in [0.25, 0.3) is 0 Å². The molecule has 0 atom stereocenters. The Hall–Kier alpha value is -2.36. The van der Waals surface area contributed by atoms with Crippen molar-refractivity contribution in [3.05, 3.63) is 64.5 Å². The fourth-order valence-corrected chi connectivity index (χ4v) is 2.33. The summed E-state index contributed by atoms with van der Waals surface area (Å²) >= 11 is 0. The Morgan fingerprint density at radius 1 is 1.04 bits per heavy atom. The van der Waals surface area contributed by atoms with Crippen LogP contribution in [0.5, 0.6) is 5.75 Å². The van der Waals surface area contributed by atoms with Gasteiger partial charge < -0.3 is 10.1 Å². The summed E-state index contributed by atoms with van der Waals surface area (Å²) in [5.74, 6) is 0.362. The molecule has 0 fully saturated rings. The second kappa shape index (κ2) is 7.77. The molecule has 1 amide bonds. The lowest BCUT2D eigenvalue weighted by Gasteiger charge is -2.14. The number of benzene rings is 2. The maximum atomic E-state index is 12.8. The molecule has 0 aliphatic heterocycles. The van der Waals surface area contributed by atoms with Crippen LogP contribution in [0.4, 0.5) is 4.39 Å². The fraction of sp³-hybridized carbons (Fsp3) is 0.316. The van der Waals surface area contributed by atoms with Crippen molar-refractivity contribution in [2.75, 3.05) is 13.2 Å². The second-order valence-electron chi connectivity index (χ2n) is 5.67. The first-order chi connectivity index (χ1) is 11.0.